The molecule has 6 aromatic rings. The van der Waals surface area contributed by atoms with Gasteiger partial charge in [-0.15, -0.1) is 0 Å². The Balaban J connectivity index is 1.53. The van der Waals surface area contributed by atoms with E-state index in [2.05, 4.69) is 106 Å². The van der Waals surface area contributed by atoms with Crippen LogP contribution in [0, 0.1) is 6.92 Å². The Labute approximate surface area is 193 Å². The molecule has 0 aliphatic heterocycles. The van der Waals surface area contributed by atoms with Gasteiger partial charge in [0.2, 0.25) is 0 Å². The van der Waals surface area contributed by atoms with E-state index in [9.17, 15) is 0 Å². The number of rotatable bonds is 1. The summed E-state index contributed by atoms with van der Waals surface area (Å²) >= 11 is 0. The van der Waals surface area contributed by atoms with Crippen LogP contribution in [0.2, 0.25) is 0 Å². The van der Waals surface area contributed by atoms with Crippen molar-refractivity contribution in [1.82, 2.24) is 0 Å². The minimum Gasteiger partial charge on any atom is -0.455 e. The first-order valence-electron chi connectivity index (χ1n) is 11.6. The molecule has 0 radical (unpaired) electrons. The fourth-order valence-corrected chi connectivity index (χ4v) is 5.80. The Bertz CT molecular complexity index is 1750. The van der Waals surface area contributed by atoms with E-state index >= 15 is 0 Å². The van der Waals surface area contributed by atoms with E-state index in [0.29, 0.717) is 0 Å². The molecular weight excluding hydrogens is 400 g/mol. The number of hydrogen-bond donors (Lipinski definition) is 0. The average Bonchev–Trinajstić information content (AvgIpc) is 3.31. The maximum Gasteiger partial charge on any atom is 0.143 e. The lowest BCUT2D eigenvalue weighted by Gasteiger charge is -2.22. The molecule has 1 aromatic heterocycles. The van der Waals surface area contributed by atoms with Crippen LogP contribution < -0.4 is 0 Å². The van der Waals surface area contributed by atoms with Crippen LogP contribution in [-0.4, -0.2) is 0 Å². The third kappa shape index (κ3) is 2.48. The van der Waals surface area contributed by atoms with E-state index in [1.807, 2.05) is 6.07 Å². The third-order valence-electron chi connectivity index (χ3n) is 7.53. The van der Waals surface area contributed by atoms with Crippen molar-refractivity contribution in [2.75, 3.05) is 0 Å². The second-order valence-corrected chi connectivity index (χ2v) is 9.88. The summed E-state index contributed by atoms with van der Waals surface area (Å²) in [7, 11) is 0. The van der Waals surface area contributed by atoms with E-state index in [1.54, 1.807) is 0 Å². The number of para-hydroxylation sites is 1. The summed E-state index contributed by atoms with van der Waals surface area (Å²) in [5.74, 6) is 0. The van der Waals surface area contributed by atoms with Crippen molar-refractivity contribution in [2.24, 2.45) is 0 Å². The highest BCUT2D eigenvalue weighted by atomic mass is 16.3. The number of furan rings is 1. The van der Waals surface area contributed by atoms with E-state index in [1.165, 1.54) is 60.5 Å². The lowest BCUT2D eigenvalue weighted by molar-refractivity contribution is 0.660. The largest absolute Gasteiger partial charge is 0.455 e. The molecule has 1 heterocycles. The van der Waals surface area contributed by atoms with Crippen molar-refractivity contribution < 1.29 is 4.42 Å². The molecule has 0 bridgehead atoms. The van der Waals surface area contributed by atoms with Crippen LogP contribution in [0.15, 0.2) is 95.4 Å². The van der Waals surface area contributed by atoms with Gasteiger partial charge in [-0.25, -0.2) is 0 Å². The number of hydrogen-bond acceptors (Lipinski definition) is 1. The van der Waals surface area contributed by atoms with Gasteiger partial charge in [-0.2, -0.15) is 0 Å². The molecule has 0 N–H and O–H groups in total. The van der Waals surface area contributed by atoms with Crippen molar-refractivity contribution in [3.63, 3.8) is 0 Å². The van der Waals surface area contributed by atoms with Crippen molar-refractivity contribution in [1.29, 1.82) is 0 Å². The molecule has 0 saturated carbocycles. The van der Waals surface area contributed by atoms with Crippen molar-refractivity contribution in [2.45, 2.75) is 26.2 Å². The van der Waals surface area contributed by atoms with Gasteiger partial charge in [0.25, 0.3) is 0 Å². The Kier molecular flexibility index (Phi) is 3.60. The number of benzene rings is 5. The summed E-state index contributed by atoms with van der Waals surface area (Å²) < 4.78 is 6.32. The summed E-state index contributed by atoms with van der Waals surface area (Å²) in [6, 6.07) is 33.2. The van der Waals surface area contributed by atoms with Gasteiger partial charge >= 0.3 is 0 Å². The molecule has 0 fully saturated rings. The predicted molar refractivity (Wildman–Crippen MR) is 139 cm³/mol. The molecule has 1 aliphatic rings. The molecule has 1 aliphatic carbocycles. The minimum absolute atomic E-state index is 0.0189. The maximum atomic E-state index is 6.32. The van der Waals surface area contributed by atoms with Gasteiger partial charge in [-0.05, 0) is 63.9 Å². The Hall–Kier alpha value is -3.84. The Morgan fingerprint density at radius 1 is 0.576 bits per heavy atom. The van der Waals surface area contributed by atoms with Crippen LogP contribution in [0.5, 0.6) is 0 Å². The van der Waals surface area contributed by atoms with Gasteiger partial charge in [0, 0.05) is 21.6 Å². The monoisotopic (exact) mass is 424 g/mol. The number of fused-ring (bicyclic) bond motifs is 8. The third-order valence-corrected chi connectivity index (χ3v) is 7.53. The molecule has 0 saturated heterocycles. The molecule has 33 heavy (non-hydrogen) atoms. The topological polar surface area (TPSA) is 13.1 Å². The van der Waals surface area contributed by atoms with Crippen LogP contribution in [0.1, 0.15) is 30.5 Å². The standard InChI is InChI=1S/C32H24O/c1-19-12-14-22-23-15-13-20(17-29(23)32(2,3)28(22)16-19)26-18-27-24-9-6-7-11-30(24)33-31(27)25-10-5-4-8-21(25)26/h4-18H,1-3H3. The average molecular weight is 425 g/mol. The molecule has 0 unspecified atom stereocenters. The van der Waals surface area contributed by atoms with E-state index in [-0.39, 0.29) is 5.41 Å². The lowest BCUT2D eigenvalue weighted by Crippen LogP contribution is -2.15. The van der Waals surface area contributed by atoms with Crippen LogP contribution >= 0.6 is 0 Å². The highest BCUT2D eigenvalue weighted by Crippen LogP contribution is 2.50. The van der Waals surface area contributed by atoms with Crippen LogP contribution in [-0.2, 0) is 5.41 Å². The highest BCUT2D eigenvalue weighted by Gasteiger charge is 2.35. The van der Waals surface area contributed by atoms with E-state index in [0.717, 1.165) is 11.2 Å². The van der Waals surface area contributed by atoms with Crippen molar-refractivity contribution >= 4 is 32.7 Å². The second kappa shape index (κ2) is 6.36. The fourth-order valence-electron chi connectivity index (χ4n) is 5.80. The minimum atomic E-state index is -0.0189. The highest BCUT2D eigenvalue weighted by molar-refractivity contribution is 6.19. The Morgan fingerprint density at radius 2 is 1.24 bits per heavy atom. The first-order chi connectivity index (χ1) is 16.0. The molecule has 1 heteroatoms. The molecule has 158 valence electrons. The Morgan fingerprint density at radius 3 is 2.06 bits per heavy atom. The van der Waals surface area contributed by atoms with Gasteiger partial charge in [0.15, 0.2) is 0 Å². The SMILES string of the molecule is Cc1ccc2c(c1)C(C)(C)c1cc(-c3cc4c5ccccc5oc4c4ccccc34)ccc1-2. The summed E-state index contributed by atoms with van der Waals surface area (Å²) in [5.41, 5.74) is 11.3. The molecule has 1 nitrogen and oxygen atoms in total. The summed E-state index contributed by atoms with van der Waals surface area (Å²) in [5, 5.41) is 4.75. The van der Waals surface area contributed by atoms with Crippen molar-refractivity contribution in [3.05, 3.63) is 108 Å². The zero-order valence-electron chi connectivity index (χ0n) is 19.1. The second-order valence-electron chi connectivity index (χ2n) is 9.88. The molecule has 0 amide bonds. The van der Waals surface area contributed by atoms with Crippen LogP contribution in [0.25, 0.3) is 55.0 Å². The smallest absolute Gasteiger partial charge is 0.143 e. The molecule has 5 aromatic carbocycles. The fraction of sp³-hybridized carbons (Fsp3) is 0.125. The van der Waals surface area contributed by atoms with Gasteiger partial charge in [-0.3, -0.25) is 0 Å². The van der Waals surface area contributed by atoms with E-state index in [4.69, 9.17) is 4.42 Å². The quantitative estimate of drug-likeness (QED) is 0.257. The van der Waals surface area contributed by atoms with Crippen LogP contribution in [0.3, 0.4) is 0 Å². The van der Waals surface area contributed by atoms with Gasteiger partial charge in [0.1, 0.15) is 11.2 Å². The van der Waals surface area contributed by atoms with Gasteiger partial charge < -0.3 is 4.42 Å². The maximum absolute atomic E-state index is 6.32. The first kappa shape index (κ1) is 18.7. The predicted octanol–water partition coefficient (Wildman–Crippen LogP) is 9.02. The van der Waals surface area contributed by atoms with E-state index < -0.39 is 0 Å². The van der Waals surface area contributed by atoms with Gasteiger partial charge in [0.05, 0.1) is 0 Å². The molecule has 7 rings (SSSR count). The van der Waals surface area contributed by atoms with Crippen LogP contribution in [0.4, 0.5) is 0 Å². The summed E-state index contributed by atoms with van der Waals surface area (Å²) in [6.07, 6.45) is 0. The molecule has 0 spiro atoms. The first-order valence-corrected chi connectivity index (χ1v) is 11.6. The van der Waals surface area contributed by atoms with Gasteiger partial charge in [-0.1, -0.05) is 92.2 Å². The molecular formula is C32H24O. The normalized spacial score (nSPS) is 14.2. The zero-order chi connectivity index (χ0) is 22.3. The lowest BCUT2D eigenvalue weighted by atomic mass is 9.81. The molecule has 0 atom stereocenters. The summed E-state index contributed by atoms with van der Waals surface area (Å²) in [6.45, 7) is 6.89. The zero-order valence-corrected chi connectivity index (χ0v) is 19.1. The summed E-state index contributed by atoms with van der Waals surface area (Å²) in [4.78, 5) is 0. The number of aryl methyl sites for hydroxylation is 1. The van der Waals surface area contributed by atoms with Crippen molar-refractivity contribution in [3.8, 4) is 22.3 Å².